The standard InChI is InChI=1S/C14H19N3/c1-10-4-5-12(8-15)7-14(10)16-13-6-11(2)17(3)9-13/h4-5,7,11,13,16H,6,9H2,1-3H3. The van der Waals surface area contributed by atoms with Crippen LogP contribution in [0.4, 0.5) is 5.69 Å². The highest BCUT2D eigenvalue weighted by Gasteiger charge is 2.26. The minimum absolute atomic E-state index is 0.489. The van der Waals surface area contributed by atoms with Gasteiger partial charge in [0.05, 0.1) is 11.6 Å². The molecule has 1 heterocycles. The van der Waals surface area contributed by atoms with Crippen molar-refractivity contribution in [3.8, 4) is 6.07 Å². The van der Waals surface area contributed by atoms with Crippen LogP contribution in [0.25, 0.3) is 0 Å². The van der Waals surface area contributed by atoms with Crippen molar-refractivity contribution >= 4 is 5.69 Å². The molecule has 3 heteroatoms. The Morgan fingerprint density at radius 3 is 2.82 bits per heavy atom. The molecule has 2 rings (SSSR count). The van der Waals surface area contributed by atoms with Crippen LogP contribution < -0.4 is 5.32 Å². The van der Waals surface area contributed by atoms with Gasteiger partial charge < -0.3 is 10.2 Å². The van der Waals surface area contributed by atoms with Crippen molar-refractivity contribution in [3.05, 3.63) is 29.3 Å². The van der Waals surface area contributed by atoms with Gasteiger partial charge in [-0.15, -0.1) is 0 Å². The highest BCUT2D eigenvalue weighted by molar-refractivity contribution is 5.55. The normalized spacial score (nSPS) is 24.6. The molecule has 1 aliphatic heterocycles. The Balaban J connectivity index is 2.11. The zero-order chi connectivity index (χ0) is 12.4. The van der Waals surface area contributed by atoms with Crippen LogP contribution in [0.2, 0.25) is 0 Å². The first-order valence-electron chi connectivity index (χ1n) is 6.07. The monoisotopic (exact) mass is 229 g/mol. The predicted molar refractivity (Wildman–Crippen MR) is 70.0 cm³/mol. The first kappa shape index (κ1) is 11.9. The summed E-state index contributed by atoms with van der Waals surface area (Å²) in [5.41, 5.74) is 3.01. The summed E-state index contributed by atoms with van der Waals surface area (Å²) >= 11 is 0. The lowest BCUT2D eigenvalue weighted by Gasteiger charge is -2.16. The average molecular weight is 229 g/mol. The maximum Gasteiger partial charge on any atom is 0.0992 e. The van der Waals surface area contributed by atoms with Gasteiger partial charge in [0.2, 0.25) is 0 Å². The number of benzene rings is 1. The number of nitrogens with zero attached hydrogens (tertiary/aromatic N) is 2. The van der Waals surface area contributed by atoms with Crippen LogP contribution in [0, 0.1) is 18.3 Å². The van der Waals surface area contributed by atoms with Gasteiger partial charge >= 0.3 is 0 Å². The lowest BCUT2D eigenvalue weighted by Crippen LogP contribution is -2.25. The number of likely N-dealkylation sites (tertiary alicyclic amines) is 1. The second kappa shape index (κ2) is 4.77. The summed E-state index contributed by atoms with van der Waals surface area (Å²) in [7, 11) is 2.16. The molecule has 1 fully saturated rings. The van der Waals surface area contributed by atoms with E-state index in [0.29, 0.717) is 12.1 Å². The maximum atomic E-state index is 8.91. The van der Waals surface area contributed by atoms with Crippen molar-refractivity contribution in [2.24, 2.45) is 0 Å². The molecule has 0 aliphatic carbocycles. The van der Waals surface area contributed by atoms with Gasteiger partial charge in [-0.05, 0) is 45.0 Å². The highest BCUT2D eigenvalue weighted by atomic mass is 15.2. The molecule has 0 spiro atoms. The predicted octanol–water partition coefficient (Wildman–Crippen LogP) is 2.37. The first-order valence-corrected chi connectivity index (χ1v) is 6.07. The maximum absolute atomic E-state index is 8.91. The summed E-state index contributed by atoms with van der Waals surface area (Å²) in [5, 5.41) is 12.5. The topological polar surface area (TPSA) is 39.1 Å². The Kier molecular flexibility index (Phi) is 3.35. The lowest BCUT2D eigenvalue weighted by atomic mass is 10.1. The van der Waals surface area contributed by atoms with Gasteiger partial charge in [0.25, 0.3) is 0 Å². The fraction of sp³-hybridized carbons (Fsp3) is 0.500. The van der Waals surface area contributed by atoms with Crippen LogP contribution in [-0.2, 0) is 0 Å². The van der Waals surface area contributed by atoms with Gasteiger partial charge in [-0.2, -0.15) is 5.26 Å². The van der Waals surface area contributed by atoms with E-state index in [9.17, 15) is 0 Å². The number of hydrogen-bond acceptors (Lipinski definition) is 3. The van der Waals surface area contributed by atoms with E-state index >= 15 is 0 Å². The van der Waals surface area contributed by atoms with E-state index in [4.69, 9.17) is 5.26 Å². The Morgan fingerprint density at radius 1 is 1.47 bits per heavy atom. The van der Waals surface area contributed by atoms with Crippen molar-refractivity contribution in [2.45, 2.75) is 32.4 Å². The molecule has 2 unspecified atom stereocenters. The molecule has 0 amide bonds. The number of hydrogen-bond donors (Lipinski definition) is 1. The highest BCUT2D eigenvalue weighted by Crippen LogP contribution is 2.22. The molecule has 1 N–H and O–H groups in total. The Bertz CT molecular complexity index is 437. The molecule has 1 aromatic carbocycles. The zero-order valence-electron chi connectivity index (χ0n) is 10.7. The molecule has 0 radical (unpaired) electrons. The number of likely N-dealkylation sites (N-methyl/N-ethyl adjacent to an activating group) is 1. The minimum atomic E-state index is 0.489. The number of nitrogens with one attached hydrogen (secondary N) is 1. The third-order valence-corrected chi connectivity index (χ3v) is 3.61. The first-order chi connectivity index (χ1) is 8.10. The van der Waals surface area contributed by atoms with Crippen LogP contribution in [0.15, 0.2) is 18.2 Å². The molecular formula is C14H19N3. The molecule has 90 valence electrons. The van der Waals surface area contributed by atoms with Crippen molar-refractivity contribution < 1.29 is 0 Å². The van der Waals surface area contributed by atoms with E-state index in [1.807, 2.05) is 18.2 Å². The second-order valence-electron chi connectivity index (χ2n) is 5.01. The average Bonchev–Trinajstić information content (AvgIpc) is 2.61. The smallest absolute Gasteiger partial charge is 0.0992 e. The summed E-state index contributed by atoms with van der Waals surface area (Å²) in [4.78, 5) is 2.36. The molecule has 1 aliphatic rings. The SMILES string of the molecule is Cc1ccc(C#N)cc1NC1CC(C)N(C)C1. The van der Waals surface area contributed by atoms with Crippen LogP contribution >= 0.6 is 0 Å². The molecule has 1 aromatic rings. The van der Waals surface area contributed by atoms with E-state index in [2.05, 4.69) is 37.2 Å². The summed E-state index contributed by atoms with van der Waals surface area (Å²) in [6.07, 6.45) is 1.16. The number of rotatable bonds is 2. The Morgan fingerprint density at radius 2 is 2.24 bits per heavy atom. The van der Waals surface area contributed by atoms with Crippen molar-refractivity contribution in [1.82, 2.24) is 4.90 Å². The van der Waals surface area contributed by atoms with Gasteiger partial charge in [-0.3, -0.25) is 0 Å². The molecule has 0 aromatic heterocycles. The summed E-state index contributed by atoms with van der Waals surface area (Å²) in [6.45, 7) is 5.39. The lowest BCUT2D eigenvalue weighted by molar-refractivity contribution is 0.330. The van der Waals surface area contributed by atoms with Crippen molar-refractivity contribution in [1.29, 1.82) is 5.26 Å². The second-order valence-corrected chi connectivity index (χ2v) is 5.01. The van der Waals surface area contributed by atoms with Crippen molar-refractivity contribution in [3.63, 3.8) is 0 Å². The molecule has 3 nitrogen and oxygen atoms in total. The number of nitriles is 1. The van der Waals surface area contributed by atoms with Gasteiger partial charge in [0.15, 0.2) is 0 Å². The Hall–Kier alpha value is -1.53. The zero-order valence-corrected chi connectivity index (χ0v) is 10.7. The fourth-order valence-corrected chi connectivity index (χ4v) is 2.37. The van der Waals surface area contributed by atoms with E-state index in [1.165, 1.54) is 5.56 Å². The van der Waals surface area contributed by atoms with Gasteiger partial charge in [-0.25, -0.2) is 0 Å². The molecule has 2 atom stereocenters. The Labute approximate surface area is 103 Å². The molecule has 0 saturated carbocycles. The van der Waals surface area contributed by atoms with Crippen LogP contribution in [0.3, 0.4) is 0 Å². The van der Waals surface area contributed by atoms with Gasteiger partial charge in [0.1, 0.15) is 0 Å². The largest absolute Gasteiger partial charge is 0.381 e. The third kappa shape index (κ3) is 2.59. The van der Waals surface area contributed by atoms with E-state index < -0.39 is 0 Å². The van der Waals surface area contributed by atoms with E-state index in [-0.39, 0.29) is 0 Å². The minimum Gasteiger partial charge on any atom is -0.381 e. The molecular weight excluding hydrogens is 210 g/mol. The number of anilines is 1. The molecule has 1 saturated heterocycles. The molecule has 17 heavy (non-hydrogen) atoms. The van der Waals surface area contributed by atoms with Crippen molar-refractivity contribution in [2.75, 3.05) is 18.9 Å². The van der Waals surface area contributed by atoms with Crippen LogP contribution in [0.5, 0.6) is 0 Å². The molecule has 0 bridgehead atoms. The summed E-state index contributed by atoms with van der Waals surface area (Å²) in [5.74, 6) is 0. The van der Waals surface area contributed by atoms with E-state index in [1.54, 1.807) is 0 Å². The van der Waals surface area contributed by atoms with Gasteiger partial charge in [0, 0.05) is 24.3 Å². The van der Waals surface area contributed by atoms with E-state index in [0.717, 1.165) is 24.2 Å². The fourth-order valence-electron chi connectivity index (χ4n) is 2.37. The summed E-state index contributed by atoms with van der Waals surface area (Å²) < 4.78 is 0. The van der Waals surface area contributed by atoms with Crippen LogP contribution in [0.1, 0.15) is 24.5 Å². The van der Waals surface area contributed by atoms with Gasteiger partial charge in [-0.1, -0.05) is 6.07 Å². The summed E-state index contributed by atoms with van der Waals surface area (Å²) in [6, 6.07) is 9.12. The third-order valence-electron chi connectivity index (χ3n) is 3.61. The van der Waals surface area contributed by atoms with Crippen LogP contribution in [-0.4, -0.2) is 30.6 Å². The quantitative estimate of drug-likeness (QED) is 0.846. The number of aryl methyl sites for hydroxylation is 1.